The first-order chi connectivity index (χ1) is 12.5. The van der Waals surface area contributed by atoms with E-state index in [1.807, 2.05) is 0 Å². The molecular formula is C17H13FN4O3S. The Hall–Kier alpha value is -3.20. The SMILES string of the molecule is NC(=O)c1ccc(NC(=O)CSc2nnc(-c3ccccc3F)o2)cc1. The van der Waals surface area contributed by atoms with E-state index in [9.17, 15) is 14.0 Å². The normalized spacial score (nSPS) is 10.5. The van der Waals surface area contributed by atoms with Crippen LogP contribution in [-0.2, 0) is 4.79 Å². The van der Waals surface area contributed by atoms with E-state index in [4.69, 9.17) is 10.2 Å². The maximum Gasteiger partial charge on any atom is 0.277 e. The number of nitrogens with zero attached hydrogens (tertiary/aromatic N) is 2. The molecule has 0 bridgehead atoms. The van der Waals surface area contributed by atoms with Crippen molar-refractivity contribution >= 4 is 29.3 Å². The zero-order chi connectivity index (χ0) is 18.5. The summed E-state index contributed by atoms with van der Waals surface area (Å²) in [6, 6.07) is 12.2. The van der Waals surface area contributed by atoms with Crippen molar-refractivity contribution in [1.29, 1.82) is 0 Å². The van der Waals surface area contributed by atoms with Crippen LogP contribution in [-0.4, -0.2) is 27.8 Å². The zero-order valence-electron chi connectivity index (χ0n) is 13.3. The number of carbonyl (C=O) groups excluding carboxylic acids is 2. The molecular weight excluding hydrogens is 359 g/mol. The first-order valence-corrected chi connectivity index (χ1v) is 8.42. The molecule has 0 saturated carbocycles. The van der Waals surface area contributed by atoms with E-state index in [0.717, 1.165) is 11.8 Å². The molecule has 0 atom stereocenters. The summed E-state index contributed by atoms with van der Waals surface area (Å²) >= 11 is 1.03. The molecule has 2 amide bonds. The second kappa shape index (κ2) is 7.79. The molecule has 9 heteroatoms. The Balaban J connectivity index is 1.56. The minimum absolute atomic E-state index is 0.0243. The number of rotatable bonds is 6. The van der Waals surface area contributed by atoms with E-state index in [-0.39, 0.29) is 28.3 Å². The second-order valence-electron chi connectivity index (χ2n) is 5.13. The number of halogens is 1. The van der Waals surface area contributed by atoms with Crippen LogP contribution in [0.25, 0.3) is 11.5 Å². The quantitative estimate of drug-likeness (QED) is 0.644. The van der Waals surface area contributed by atoms with Crippen molar-refractivity contribution in [3.05, 3.63) is 59.9 Å². The highest BCUT2D eigenvalue weighted by Gasteiger charge is 2.14. The van der Waals surface area contributed by atoms with E-state index in [2.05, 4.69) is 15.5 Å². The summed E-state index contributed by atoms with van der Waals surface area (Å²) < 4.78 is 19.1. The molecule has 2 aromatic carbocycles. The van der Waals surface area contributed by atoms with Crippen LogP contribution >= 0.6 is 11.8 Å². The predicted octanol–water partition coefficient (Wildman–Crippen LogP) is 2.71. The van der Waals surface area contributed by atoms with E-state index < -0.39 is 11.7 Å². The molecule has 3 aromatic rings. The lowest BCUT2D eigenvalue weighted by Gasteiger charge is -2.04. The van der Waals surface area contributed by atoms with Gasteiger partial charge in [0.05, 0.1) is 11.3 Å². The topological polar surface area (TPSA) is 111 Å². The minimum atomic E-state index is -0.541. The average Bonchev–Trinajstić information content (AvgIpc) is 3.09. The van der Waals surface area contributed by atoms with Crippen LogP contribution < -0.4 is 11.1 Å². The number of hydrogen-bond acceptors (Lipinski definition) is 6. The Morgan fingerprint density at radius 1 is 1.12 bits per heavy atom. The predicted molar refractivity (Wildman–Crippen MR) is 94.0 cm³/mol. The van der Waals surface area contributed by atoms with Gasteiger partial charge in [-0.1, -0.05) is 23.9 Å². The summed E-state index contributed by atoms with van der Waals surface area (Å²) in [5.74, 6) is -1.23. The number of nitrogens with two attached hydrogens (primary N) is 1. The first kappa shape index (κ1) is 17.6. The van der Waals surface area contributed by atoms with Gasteiger partial charge in [-0.2, -0.15) is 0 Å². The summed E-state index contributed by atoms with van der Waals surface area (Å²) in [4.78, 5) is 23.0. The lowest BCUT2D eigenvalue weighted by molar-refractivity contribution is -0.113. The van der Waals surface area contributed by atoms with Gasteiger partial charge < -0.3 is 15.5 Å². The van der Waals surface area contributed by atoms with Gasteiger partial charge in [0.1, 0.15) is 5.82 Å². The van der Waals surface area contributed by atoms with Crippen molar-refractivity contribution in [3.63, 3.8) is 0 Å². The van der Waals surface area contributed by atoms with Crippen LogP contribution in [0.4, 0.5) is 10.1 Å². The van der Waals surface area contributed by atoms with Gasteiger partial charge >= 0.3 is 0 Å². The molecule has 0 spiro atoms. The molecule has 0 aliphatic carbocycles. The number of primary amides is 1. The van der Waals surface area contributed by atoms with E-state index in [1.165, 1.54) is 24.3 Å². The van der Waals surface area contributed by atoms with Gasteiger partial charge in [0, 0.05) is 11.3 Å². The molecule has 0 radical (unpaired) electrons. The molecule has 7 nitrogen and oxygen atoms in total. The third-order valence-corrected chi connectivity index (χ3v) is 4.11. The fourth-order valence-corrected chi connectivity index (χ4v) is 2.62. The summed E-state index contributed by atoms with van der Waals surface area (Å²) in [5.41, 5.74) is 6.23. The lowest BCUT2D eigenvalue weighted by atomic mass is 10.2. The van der Waals surface area contributed by atoms with Crippen molar-refractivity contribution in [2.75, 3.05) is 11.1 Å². The summed E-state index contributed by atoms with van der Waals surface area (Å²) in [6.07, 6.45) is 0. The highest BCUT2D eigenvalue weighted by atomic mass is 32.2. The van der Waals surface area contributed by atoms with E-state index >= 15 is 0 Å². The van der Waals surface area contributed by atoms with Crippen molar-refractivity contribution < 1.29 is 18.4 Å². The second-order valence-corrected chi connectivity index (χ2v) is 6.06. The molecule has 1 aromatic heterocycles. The number of nitrogens with one attached hydrogen (secondary N) is 1. The van der Waals surface area contributed by atoms with Crippen molar-refractivity contribution in [1.82, 2.24) is 10.2 Å². The number of thioether (sulfide) groups is 1. The standard InChI is InChI=1S/C17H13FN4O3S/c18-13-4-2-1-3-12(13)16-21-22-17(25-16)26-9-14(23)20-11-7-5-10(6-8-11)15(19)24/h1-8H,9H2,(H2,19,24)(H,20,23). The first-order valence-electron chi connectivity index (χ1n) is 7.44. The Morgan fingerprint density at radius 2 is 1.85 bits per heavy atom. The third kappa shape index (κ3) is 4.25. The van der Waals surface area contributed by atoms with Crippen LogP contribution in [0.1, 0.15) is 10.4 Å². The summed E-state index contributed by atoms with van der Waals surface area (Å²) in [6.45, 7) is 0. The summed E-state index contributed by atoms with van der Waals surface area (Å²) in [5, 5.41) is 10.4. The molecule has 3 N–H and O–H groups in total. The average molecular weight is 372 g/mol. The van der Waals surface area contributed by atoms with Crippen molar-refractivity contribution in [2.45, 2.75) is 5.22 Å². The van der Waals surface area contributed by atoms with Crippen LogP contribution in [0.2, 0.25) is 0 Å². The number of amides is 2. The van der Waals surface area contributed by atoms with Gasteiger partial charge in [-0.3, -0.25) is 9.59 Å². The van der Waals surface area contributed by atoms with Gasteiger partial charge in [-0.05, 0) is 36.4 Å². The third-order valence-electron chi connectivity index (χ3n) is 3.29. The van der Waals surface area contributed by atoms with Gasteiger partial charge in [0.15, 0.2) is 0 Å². The molecule has 1 heterocycles. The van der Waals surface area contributed by atoms with Gasteiger partial charge in [-0.25, -0.2) is 4.39 Å². The van der Waals surface area contributed by atoms with Crippen LogP contribution in [0, 0.1) is 5.82 Å². The smallest absolute Gasteiger partial charge is 0.277 e. The maximum atomic E-state index is 13.7. The van der Waals surface area contributed by atoms with Crippen LogP contribution in [0.3, 0.4) is 0 Å². The molecule has 0 aliphatic heterocycles. The number of aromatic nitrogens is 2. The van der Waals surface area contributed by atoms with E-state index in [1.54, 1.807) is 24.3 Å². The molecule has 0 fully saturated rings. The highest BCUT2D eigenvalue weighted by Crippen LogP contribution is 2.25. The van der Waals surface area contributed by atoms with Crippen molar-refractivity contribution in [2.24, 2.45) is 5.73 Å². The Bertz CT molecular complexity index is 943. The molecule has 26 heavy (non-hydrogen) atoms. The number of carbonyl (C=O) groups is 2. The Kier molecular flexibility index (Phi) is 5.28. The lowest BCUT2D eigenvalue weighted by Crippen LogP contribution is -2.15. The number of hydrogen-bond donors (Lipinski definition) is 2. The Morgan fingerprint density at radius 3 is 2.54 bits per heavy atom. The summed E-state index contributed by atoms with van der Waals surface area (Å²) in [7, 11) is 0. The van der Waals surface area contributed by atoms with E-state index in [0.29, 0.717) is 11.3 Å². The van der Waals surface area contributed by atoms with Crippen LogP contribution in [0.5, 0.6) is 0 Å². The van der Waals surface area contributed by atoms with Gasteiger partial charge in [0.2, 0.25) is 11.8 Å². The van der Waals surface area contributed by atoms with Gasteiger partial charge in [0.25, 0.3) is 11.1 Å². The number of benzene rings is 2. The highest BCUT2D eigenvalue weighted by molar-refractivity contribution is 7.99. The van der Waals surface area contributed by atoms with Gasteiger partial charge in [-0.15, -0.1) is 10.2 Å². The largest absolute Gasteiger partial charge is 0.411 e. The molecule has 0 aliphatic rings. The fraction of sp³-hybridized carbons (Fsp3) is 0.0588. The molecule has 3 rings (SSSR count). The van der Waals surface area contributed by atoms with Crippen LogP contribution in [0.15, 0.2) is 58.2 Å². The zero-order valence-corrected chi connectivity index (χ0v) is 14.1. The molecule has 132 valence electrons. The minimum Gasteiger partial charge on any atom is -0.411 e. The number of anilines is 1. The Labute approximate surface area is 151 Å². The van der Waals surface area contributed by atoms with Crippen molar-refractivity contribution in [3.8, 4) is 11.5 Å². The fourth-order valence-electron chi connectivity index (χ4n) is 2.05. The molecule has 0 saturated heterocycles. The maximum absolute atomic E-state index is 13.7. The monoisotopic (exact) mass is 372 g/mol. The molecule has 0 unspecified atom stereocenters.